The fourth-order valence-corrected chi connectivity index (χ4v) is 8.29. The molecule has 0 aromatic heterocycles. The van der Waals surface area contributed by atoms with Gasteiger partial charge in [-0.25, -0.2) is 0 Å². The summed E-state index contributed by atoms with van der Waals surface area (Å²) in [4.78, 5) is 4.81. The van der Waals surface area contributed by atoms with Crippen molar-refractivity contribution in [3.63, 3.8) is 0 Å². The molecule has 48 heavy (non-hydrogen) atoms. The Morgan fingerprint density at radius 3 is 1.62 bits per heavy atom. The molecule has 3 heteroatoms. The lowest BCUT2D eigenvalue weighted by atomic mass is 9.69. The van der Waals surface area contributed by atoms with E-state index >= 15 is 0 Å². The minimum Gasteiger partial charge on any atom is -0.310 e. The molecule has 0 heterocycles. The van der Waals surface area contributed by atoms with E-state index in [0.717, 1.165) is 28.4 Å². The van der Waals surface area contributed by atoms with E-state index in [1.807, 2.05) is 0 Å². The third-order valence-corrected chi connectivity index (χ3v) is 10.9. The van der Waals surface area contributed by atoms with E-state index in [9.17, 15) is 0 Å². The molecule has 2 aliphatic carbocycles. The maximum absolute atomic E-state index is 4.46. The highest BCUT2D eigenvalue weighted by Crippen LogP contribution is 2.58. The van der Waals surface area contributed by atoms with Crippen LogP contribution >= 0.6 is 22.6 Å². The second-order valence-corrected chi connectivity index (χ2v) is 14.2. The summed E-state index contributed by atoms with van der Waals surface area (Å²) in [5, 5.41) is 0. The van der Waals surface area contributed by atoms with Crippen LogP contribution < -0.4 is 9.80 Å². The summed E-state index contributed by atoms with van der Waals surface area (Å²) in [5.41, 5.74) is 14.2. The molecule has 236 valence electrons. The fourth-order valence-electron chi connectivity index (χ4n) is 7.01. The van der Waals surface area contributed by atoms with Gasteiger partial charge in [0.25, 0.3) is 0 Å². The van der Waals surface area contributed by atoms with Gasteiger partial charge in [-0.15, -0.1) is 0 Å². The first-order valence-electron chi connectivity index (χ1n) is 16.5. The number of aryl methyl sites for hydroxylation is 2. The van der Waals surface area contributed by atoms with Crippen LogP contribution in [0.25, 0.3) is 5.70 Å². The highest BCUT2D eigenvalue weighted by Gasteiger charge is 2.47. The molecule has 0 aliphatic heterocycles. The van der Waals surface area contributed by atoms with Gasteiger partial charge in [0.1, 0.15) is 0 Å². The molecule has 7 rings (SSSR count). The summed E-state index contributed by atoms with van der Waals surface area (Å²) < 4.78 is -0.380. The van der Waals surface area contributed by atoms with Gasteiger partial charge in [0.15, 0.2) is 0 Å². The first-order chi connectivity index (χ1) is 23.4. The molecule has 0 amide bonds. The van der Waals surface area contributed by atoms with Crippen LogP contribution in [0.2, 0.25) is 0 Å². The lowest BCUT2D eigenvalue weighted by Crippen LogP contribution is -2.38. The number of fused-ring (bicyclic) bond motifs is 3. The summed E-state index contributed by atoms with van der Waals surface area (Å²) in [7, 11) is 0. The van der Waals surface area contributed by atoms with E-state index in [4.69, 9.17) is 0 Å². The number of anilines is 4. The SMILES string of the molecule is C=CC1=C(/C=C\C)C(N(c2ccccc2)c2ccc(C)cc2)=CC2(I)c3ccccc3C(N(c3ccccc3)c3ccc(C)cc3)=CC12. The van der Waals surface area contributed by atoms with Crippen molar-refractivity contribution in [2.75, 3.05) is 9.80 Å². The van der Waals surface area contributed by atoms with Crippen LogP contribution in [0.4, 0.5) is 22.7 Å². The van der Waals surface area contributed by atoms with Crippen LogP contribution in [-0.2, 0) is 3.42 Å². The molecular weight excluding hydrogens is 695 g/mol. The summed E-state index contributed by atoms with van der Waals surface area (Å²) >= 11 is 2.72. The van der Waals surface area contributed by atoms with Crippen LogP contribution in [0.1, 0.15) is 29.2 Å². The van der Waals surface area contributed by atoms with Crippen molar-refractivity contribution in [2.24, 2.45) is 5.92 Å². The number of allylic oxidation sites excluding steroid dienone is 6. The Kier molecular flexibility index (Phi) is 8.81. The third-order valence-electron chi connectivity index (χ3n) is 9.31. The molecule has 2 aliphatic rings. The van der Waals surface area contributed by atoms with Crippen LogP contribution in [0.5, 0.6) is 0 Å². The van der Waals surface area contributed by atoms with Gasteiger partial charge >= 0.3 is 0 Å². The number of alkyl halides is 1. The van der Waals surface area contributed by atoms with Crippen molar-refractivity contribution in [1.82, 2.24) is 0 Å². The topological polar surface area (TPSA) is 6.48 Å². The predicted molar refractivity (Wildman–Crippen MR) is 213 cm³/mol. The minimum absolute atomic E-state index is 0.0303. The highest BCUT2D eigenvalue weighted by molar-refractivity contribution is 14.1. The molecule has 2 atom stereocenters. The van der Waals surface area contributed by atoms with Gasteiger partial charge in [0.2, 0.25) is 0 Å². The quantitative estimate of drug-likeness (QED) is 0.116. The van der Waals surface area contributed by atoms with Gasteiger partial charge in [0.05, 0.1) is 14.8 Å². The maximum atomic E-state index is 4.46. The van der Waals surface area contributed by atoms with E-state index in [-0.39, 0.29) is 9.34 Å². The standard InChI is InChI=1S/C45H39IN2/c1-5-15-39-38(6-2)42-30-43(47(34-16-9-7-10-17-34)36-26-22-32(3)23-27-36)40-20-13-14-21-41(40)45(42,46)31-44(39)48(35-18-11-8-12-19-35)37-28-24-33(4)25-29-37/h5-31,42H,2H2,1,3-4H3/b15-5-. The van der Waals surface area contributed by atoms with E-state index in [1.165, 1.54) is 39.1 Å². The average molecular weight is 735 g/mol. The number of para-hydroxylation sites is 2. The molecule has 5 aromatic rings. The first-order valence-corrected chi connectivity index (χ1v) is 17.6. The smallest absolute Gasteiger partial charge is 0.0783 e. The zero-order valence-corrected chi connectivity index (χ0v) is 29.8. The minimum atomic E-state index is -0.380. The highest BCUT2D eigenvalue weighted by atomic mass is 127. The molecule has 0 fully saturated rings. The monoisotopic (exact) mass is 734 g/mol. The van der Waals surface area contributed by atoms with Crippen molar-refractivity contribution < 1.29 is 0 Å². The normalized spacial score (nSPS) is 18.5. The average Bonchev–Trinajstić information content (AvgIpc) is 3.12. The molecule has 0 saturated carbocycles. The fraction of sp³-hybridized carbons (Fsp3) is 0.111. The zero-order chi connectivity index (χ0) is 33.3. The van der Waals surface area contributed by atoms with Crippen molar-refractivity contribution >= 4 is 51.0 Å². The third kappa shape index (κ3) is 5.67. The summed E-state index contributed by atoms with van der Waals surface area (Å²) in [5.74, 6) is 0.0303. The van der Waals surface area contributed by atoms with Crippen LogP contribution in [-0.4, -0.2) is 0 Å². The number of hydrogen-bond acceptors (Lipinski definition) is 2. The lowest BCUT2D eigenvalue weighted by Gasteiger charge is -2.46. The van der Waals surface area contributed by atoms with Gasteiger partial charge in [-0.1, -0.05) is 150 Å². The number of benzene rings is 5. The van der Waals surface area contributed by atoms with E-state index in [1.54, 1.807) is 0 Å². The molecule has 0 radical (unpaired) electrons. The number of rotatable bonds is 8. The maximum Gasteiger partial charge on any atom is 0.0783 e. The van der Waals surface area contributed by atoms with Crippen molar-refractivity contribution in [1.29, 1.82) is 0 Å². The Morgan fingerprint density at radius 1 is 0.625 bits per heavy atom. The van der Waals surface area contributed by atoms with E-state index in [0.29, 0.717) is 0 Å². The Bertz CT molecular complexity index is 2070. The van der Waals surface area contributed by atoms with Crippen molar-refractivity contribution in [2.45, 2.75) is 24.2 Å². The molecule has 0 bridgehead atoms. The largest absolute Gasteiger partial charge is 0.310 e. The summed E-state index contributed by atoms with van der Waals surface area (Å²) in [6.07, 6.45) is 11.5. The number of nitrogens with zero attached hydrogens (tertiary/aromatic N) is 2. The molecule has 5 aromatic carbocycles. The Morgan fingerprint density at radius 2 is 1.10 bits per heavy atom. The molecule has 2 nitrogen and oxygen atoms in total. The zero-order valence-electron chi connectivity index (χ0n) is 27.6. The molecule has 2 unspecified atom stereocenters. The molecule has 0 N–H and O–H groups in total. The van der Waals surface area contributed by atoms with Crippen LogP contribution in [0.15, 0.2) is 187 Å². The number of halogens is 1. The van der Waals surface area contributed by atoms with Crippen LogP contribution in [0, 0.1) is 19.8 Å². The van der Waals surface area contributed by atoms with Crippen LogP contribution in [0.3, 0.4) is 0 Å². The van der Waals surface area contributed by atoms with Gasteiger partial charge in [-0.3, -0.25) is 0 Å². The van der Waals surface area contributed by atoms with Crippen molar-refractivity contribution in [3.8, 4) is 0 Å². The Hall–Kier alpha value is -4.87. The van der Waals surface area contributed by atoms with Gasteiger partial charge in [0, 0.05) is 39.8 Å². The lowest BCUT2D eigenvalue weighted by molar-refractivity contribution is 0.624. The summed E-state index contributed by atoms with van der Waals surface area (Å²) in [6, 6.07) is 48.0. The van der Waals surface area contributed by atoms with Gasteiger partial charge in [-0.05, 0) is 86.5 Å². The molecule has 0 spiro atoms. The second-order valence-electron chi connectivity index (χ2n) is 12.5. The summed E-state index contributed by atoms with van der Waals surface area (Å²) in [6.45, 7) is 10.8. The van der Waals surface area contributed by atoms with E-state index in [2.05, 4.69) is 224 Å². The second kappa shape index (κ2) is 13.3. The van der Waals surface area contributed by atoms with Gasteiger partial charge in [-0.2, -0.15) is 0 Å². The van der Waals surface area contributed by atoms with Crippen molar-refractivity contribution in [3.05, 3.63) is 210 Å². The number of hydrogen-bond donors (Lipinski definition) is 0. The van der Waals surface area contributed by atoms with E-state index < -0.39 is 0 Å². The Labute approximate surface area is 298 Å². The first kappa shape index (κ1) is 31.7. The predicted octanol–water partition coefficient (Wildman–Crippen LogP) is 12.5. The molecular formula is C45H39IN2. The molecule has 0 saturated heterocycles. The van der Waals surface area contributed by atoms with Gasteiger partial charge < -0.3 is 9.80 Å². The Balaban J connectivity index is 1.50.